The molecule has 2 unspecified atom stereocenters. The molecule has 0 bridgehead atoms. The van der Waals surface area contributed by atoms with Gasteiger partial charge in [0.1, 0.15) is 6.10 Å². The summed E-state index contributed by atoms with van der Waals surface area (Å²) in [5, 5.41) is 9.49. The molecule has 0 aromatic rings. The molecule has 0 fully saturated rings. The lowest BCUT2D eigenvalue weighted by Gasteiger charge is -2.36. The smallest absolute Gasteiger partial charge is 0.330 e. The van der Waals surface area contributed by atoms with Gasteiger partial charge >= 0.3 is 14.5 Å². The number of carbonyl (C=O) groups is 1. The fraction of sp³-hybridized carbons (Fsp3) is 0.786. The molecule has 0 aliphatic heterocycles. The molecule has 1 N–H and O–H groups in total. The van der Waals surface area contributed by atoms with Gasteiger partial charge in [-0.3, -0.25) is 0 Å². The Morgan fingerprint density at radius 2 is 1.81 bits per heavy atom. The van der Waals surface area contributed by atoms with Crippen molar-refractivity contribution < 1.29 is 23.2 Å². The van der Waals surface area contributed by atoms with E-state index in [1.54, 1.807) is 0 Å². The van der Waals surface area contributed by atoms with Gasteiger partial charge in [-0.25, -0.2) is 4.79 Å². The fourth-order valence-corrected chi connectivity index (χ4v) is 9.25. The van der Waals surface area contributed by atoms with Gasteiger partial charge in [0.2, 0.25) is 0 Å². The van der Waals surface area contributed by atoms with E-state index in [9.17, 15) is 9.90 Å². The van der Waals surface area contributed by atoms with Crippen LogP contribution in [0.3, 0.4) is 0 Å². The Balaban J connectivity index is 4.93. The van der Waals surface area contributed by atoms with Gasteiger partial charge in [0.05, 0.1) is 12.7 Å². The normalized spacial score (nSPS) is 15.4. The second-order valence-corrected chi connectivity index (χ2v) is 14.5. The summed E-state index contributed by atoms with van der Waals surface area (Å²) in [6, 6.07) is 0. The number of rotatable bonds is 10. The van der Waals surface area contributed by atoms with Gasteiger partial charge in [-0.05, 0) is 39.2 Å². The number of hydrogen-bond acceptors (Lipinski definition) is 5. The molecule has 5 nitrogen and oxygen atoms in total. The van der Waals surface area contributed by atoms with Crippen LogP contribution in [0.25, 0.3) is 0 Å². The Hall–Kier alpha value is -0.476. The molecule has 124 valence electrons. The Bertz CT molecular complexity index is 339. The van der Waals surface area contributed by atoms with E-state index in [4.69, 9.17) is 13.3 Å². The van der Waals surface area contributed by atoms with E-state index < -0.39 is 29.0 Å². The highest BCUT2D eigenvalue weighted by Crippen LogP contribution is 2.21. The molecule has 0 amide bonds. The first-order valence-corrected chi connectivity index (χ1v) is 13.6. The minimum absolute atomic E-state index is 0.276. The Kier molecular flexibility index (Phi) is 8.64. The van der Waals surface area contributed by atoms with Crippen LogP contribution < -0.4 is 0 Å². The van der Waals surface area contributed by atoms with Crippen LogP contribution in [0.4, 0.5) is 0 Å². The minimum atomic E-state index is -2.35. The van der Waals surface area contributed by atoms with Crippen LogP contribution >= 0.6 is 0 Å². The van der Waals surface area contributed by atoms with Crippen LogP contribution in [0.2, 0.25) is 32.7 Å². The van der Waals surface area contributed by atoms with E-state index >= 15 is 0 Å². The van der Waals surface area contributed by atoms with Crippen molar-refractivity contribution in [3.63, 3.8) is 0 Å². The monoisotopic (exact) mass is 334 g/mol. The van der Waals surface area contributed by atoms with E-state index in [2.05, 4.69) is 26.2 Å². The Morgan fingerprint density at radius 1 is 1.24 bits per heavy atom. The van der Waals surface area contributed by atoms with Gasteiger partial charge in [0, 0.05) is 6.08 Å². The SMILES string of the molecule is C=CC(=O)OC(CO)C(CCC)O[Si](C)(C)O[Si](C)(C)C. The van der Waals surface area contributed by atoms with Crippen LogP contribution in [-0.2, 0) is 18.1 Å². The largest absolute Gasteiger partial charge is 0.454 e. The minimum Gasteiger partial charge on any atom is -0.454 e. The van der Waals surface area contributed by atoms with Gasteiger partial charge in [-0.15, -0.1) is 0 Å². The predicted octanol–water partition coefficient (Wildman–Crippen LogP) is 2.82. The third kappa shape index (κ3) is 9.20. The molecule has 0 aliphatic rings. The molecule has 2 atom stereocenters. The quantitative estimate of drug-likeness (QED) is 0.378. The molecule has 0 saturated carbocycles. The topological polar surface area (TPSA) is 65.0 Å². The summed E-state index contributed by atoms with van der Waals surface area (Å²) in [4.78, 5) is 11.4. The molecule has 7 heteroatoms. The van der Waals surface area contributed by atoms with Crippen LogP contribution in [0.5, 0.6) is 0 Å². The van der Waals surface area contributed by atoms with Gasteiger partial charge in [0.15, 0.2) is 8.32 Å². The van der Waals surface area contributed by atoms with Crippen molar-refractivity contribution in [2.45, 2.75) is 64.7 Å². The molecule has 0 heterocycles. The summed E-state index contributed by atoms with van der Waals surface area (Å²) in [7, 11) is -4.06. The standard InChI is InChI=1S/C14H30O5Si2/c1-8-10-12(13(11-15)17-14(16)9-2)18-21(6,7)19-20(3,4)5/h9,12-13,15H,2,8,10-11H2,1,3-7H3. The number of aliphatic hydroxyl groups excluding tert-OH is 1. The highest BCUT2D eigenvalue weighted by molar-refractivity contribution is 6.81. The van der Waals surface area contributed by atoms with Crippen molar-refractivity contribution in [3.8, 4) is 0 Å². The lowest BCUT2D eigenvalue weighted by atomic mass is 10.1. The second kappa shape index (κ2) is 8.84. The summed E-state index contributed by atoms with van der Waals surface area (Å²) < 4.78 is 17.5. The lowest BCUT2D eigenvalue weighted by molar-refractivity contribution is -0.151. The summed E-state index contributed by atoms with van der Waals surface area (Å²) in [5.74, 6) is -0.552. The molecule has 0 rings (SSSR count). The van der Waals surface area contributed by atoms with Crippen molar-refractivity contribution >= 4 is 22.8 Å². The lowest BCUT2D eigenvalue weighted by Crippen LogP contribution is -2.50. The molecule has 0 aromatic carbocycles. The maximum atomic E-state index is 11.4. The highest BCUT2D eigenvalue weighted by Gasteiger charge is 2.37. The van der Waals surface area contributed by atoms with Crippen molar-refractivity contribution in [3.05, 3.63) is 12.7 Å². The first kappa shape index (κ1) is 20.5. The van der Waals surface area contributed by atoms with Crippen LogP contribution in [0.15, 0.2) is 12.7 Å². The van der Waals surface area contributed by atoms with E-state index in [-0.39, 0.29) is 12.7 Å². The maximum absolute atomic E-state index is 11.4. The molecule has 0 radical (unpaired) electrons. The van der Waals surface area contributed by atoms with Crippen molar-refractivity contribution in [2.24, 2.45) is 0 Å². The van der Waals surface area contributed by atoms with Gasteiger partial charge in [-0.1, -0.05) is 19.9 Å². The highest BCUT2D eigenvalue weighted by atomic mass is 28.4. The Morgan fingerprint density at radius 3 is 2.19 bits per heavy atom. The number of esters is 1. The average Bonchev–Trinajstić information content (AvgIpc) is 2.31. The van der Waals surface area contributed by atoms with Gasteiger partial charge < -0.3 is 18.4 Å². The van der Waals surface area contributed by atoms with E-state index in [1.807, 2.05) is 20.0 Å². The van der Waals surface area contributed by atoms with Crippen molar-refractivity contribution in [2.75, 3.05) is 6.61 Å². The molecule has 21 heavy (non-hydrogen) atoms. The zero-order chi connectivity index (χ0) is 16.7. The number of ether oxygens (including phenoxy) is 1. The summed E-state index contributed by atoms with van der Waals surface area (Å²) >= 11 is 0. The fourth-order valence-electron chi connectivity index (χ4n) is 2.16. The summed E-state index contributed by atoms with van der Waals surface area (Å²) in [6.45, 7) is 15.4. The number of aliphatic hydroxyl groups is 1. The van der Waals surface area contributed by atoms with E-state index in [0.29, 0.717) is 6.42 Å². The summed E-state index contributed by atoms with van der Waals surface area (Å²) in [5.41, 5.74) is 0. The predicted molar refractivity (Wildman–Crippen MR) is 88.9 cm³/mol. The zero-order valence-electron chi connectivity index (χ0n) is 14.1. The van der Waals surface area contributed by atoms with Gasteiger partial charge in [-0.2, -0.15) is 0 Å². The average molecular weight is 335 g/mol. The van der Waals surface area contributed by atoms with E-state index in [1.165, 1.54) is 0 Å². The Labute approximate surface area is 130 Å². The van der Waals surface area contributed by atoms with Crippen molar-refractivity contribution in [1.29, 1.82) is 0 Å². The molecule has 0 aromatic heterocycles. The first-order chi connectivity index (χ1) is 9.54. The van der Waals surface area contributed by atoms with E-state index in [0.717, 1.165) is 12.5 Å². The molecule has 0 aliphatic carbocycles. The molecule has 0 spiro atoms. The zero-order valence-corrected chi connectivity index (χ0v) is 16.1. The third-order valence-electron chi connectivity index (χ3n) is 2.59. The molecule has 0 saturated heterocycles. The summed E-state index contributed by atoms with van der Waals surface area (Å²) in [6.07, 6.45) is 1.60. The third-order valence-corrected chi connectivity index (χ3v) is 7.88. The second-order valence-electron chi connectivity index (χ2n) is 6.42. The number of carbonyl (C=O) groups excluding carboxylic acids is 1. The molecular weight excluding hydrogens is 304 g/mol. The van der Waals surface area contributed by atoms with Crippen molar-refractivity contribution in [1.82, 2.24) is 0 Å². The first-order valence-electron chi connectivity index (χ1n) is 7.36. The van der Waals surface area contributed by atoms with Crippen LogP contribution in [0, 0.1) is 0 Å². The van der Waals surface area contributed by atoms with Gasteiger partial charge in [0.25, 0.3) is 0 Å². The number of hydrogen-bond donors (Lipinski definition) is 1. The molecular formula is C14H30O5Si2. The maximum Gasteiger partial charge on any atom is 0.330 e. The van der Waals surface area contributed by atoms with Crippen LogP contribution in [-0.4, -0.2) is 46.8 Å². The van der Waals surface area contributed by atoms with Crippen LogP contribution in [0.1, 0.15) is 19.8 Å².